The van der Waals surface area contributed by atoms with Gasteiger partial charge in [-0.3, -0.25) is 4.79 Å². The van der Waals surface area contributed by atoms with Crippen LogP contribution in [0.15, 0.2) is 24.3 Å². The largest absolute Gasteiger partial charge is 0.398 e. The molecule has 0 unspecified atom stereocenters. The van der Waals surface area contributed by atoms with Crippen molar-refractivity contribution in [3.8, 4) is 0 Å². The fourth-order valence-electron chi connectivity index (χ4n) is 1.61. The molecule has 94 valence electrons. The Labute approximate surface area is 107 Å². The van der Waals surface area contributed by atoms with Crippen molar-refractivity contribution in [1.82, 2.24) is 4.90 Å². The molecule has 1 aromatic rings. The van der Waals surface area contributed by atoms with Crippen LogP contribution in [-0.4, -0.2) is 29.4 Å². The molecule has 1 rings (SSSR count). The van der Waals surface area contributed by atoms with E-state index in [2.05, 4.69) is 0 Å². The van der Waals surface area contributed by atoms with Gasteiger partial charge >= 0.3 is 0 Å². The Morgan fingerprint density at radius 1 is 1.41 bits per heavy atom. The average molecular weight is 252 g/mol. The number of carbonyl (C=O) groups excluding carboxylic acids is 1. The number of hydrogen-bond acceptors (Lipinski definition) is 3. The summed E-state index contributed by atoms with van der Waals surface area (Å²) in [6.45, 7) is 3.33. The first-order valence-electron chi connectivity index (χ1n) is 5.79. The molecule has 0 saturated carbocycles. The van der Waals surface area contributed by atoms with Crippen LogP contribution in [0.2, 0.25) is 0 Å². The van der Waals surface area contributed by atoms with E-state index in [1.165, 1.54) is 0 Å². The Morgan fingerprint density at radius 3 is 2.71 bits per heavy atom. The summed E-state index contributed by atoms with van der Waals surface area (Å²) in [6.07, 6.45) is 2.61. The lowest BCUT2D eigenvalue weighted by molar-refractivity contribution is -0.131. The molecule has 3 nitrogen and oxygen atoms in total. The first-order chi connectivity index (χ1) is 8.19. The van der Waals surface area contributed by atoms with Crippen LogP contribution in [0.1, 0.15) is 18.9 Å². The van der Waals surface area contributed by atoms with Gasteiger partial charge < -0.3 is 10.6 Å². The molecule has 0 saturated heterocycles. The number of nitrogen functional groups attached to an aromatic ring is 1. The molecular formula is C13H20N2OS. The smallest absolute Gasteiger partial charge is 0.223 e. The molecule has 1 amide bonds. The number of benzene rings is 1. The van der Waals surface area contributed by atoms with Gasteiger partial charge in [-0.05, 0) is 24.8 Å². The summed E-state index contributed by atoms with van der Waals surface area (Å²) in [5, 5.41) is 0. The van der Waals surface area contributed by atoms with Gasteiger partial charge in [0.1, 0.15) is 0 Å². The van der Waals surface area contributed by atoms with E-state index in [1.54, 1.807) is 11.8 Å². The number of nitrogens with two attached hydrogens (primary N) is 1. The van der Waals surface area contributed by atoms with Gasteiger partial charge in [0.15, 0.2) is 0 Å². The number of rotatable bonds is 6. The molecule has 0 heterocycles. The van der Waals surface area contributed by atoms with Crippen molar-refractivity contribution in [2.24, 2.45) is 0 Å². The lowest BCUT2D eigenvalue weighted by atomic mass is 10.1. The third-order valence-electron chi connectivity index (χ3n) is 2.67. The van der Waals surface area contributed by atoms with Gasteiger partial charge in [-0.1, -0.05) is 18.2 Å². The molecule has 4 heteroatoms. The third kappa shape index (κ3) is 4.30. The van der Waals surface area contributed by atoms with Crippen LogP contribution in [0.3, 0.4) is 0 Å². The van der Waals surface area contributed by atoms with E-state index < -0.39 is 0 Å². The van der Waals surface area contributed by atoms with E-state index in [1.807, 2.05) is 42.3 Å². The van der Waals surface area contributed by atoms with E-state index in [0.29, 0.717) is 13.0 Å². The Balaban J connectivity index is 2.63. The molecule has 0 bridgehead atoms. The van der Waals surface area contributed by atoms with E-state index in [4.69, 9.17) is 5.73 Å². The molecular weight excluding hydrogens is 232 g/mol. The summed E-state index contributed by atoms with van der Waals surface area (Å²) in [5.41, 5.74) is 7.66. The predicted molar refractivity (Wildman–Crippen MR) is 74.9 cm³/mol. The topological polar surface area (TPSA) is 46.3 Å². The fourth-order valence-corrected chi connectivity index (χ4v) is 1.99. The minimum atomic E-state index is 0.199. The van der Waals surface area contributed by atoms with E-state index >= 15 is 0 Å². The first kappa shape index (κ1) is 13.9. The summed E-state index contributed by atoms with van der Waals surface area (Å²) in [4.78, 5) is 13.8. The van der Waals surface area contributed by atoms with Crippen molar-refractivity contribution >= 4 is 23.4 Å². The van der Waals surface area contributed by atoms with Gasteiger partial charge in [0, 0.05) is 31.0 Å². The van der Waals surface area contributed by atoms with Gasteiger partial charge in [-0.2, -0.15) is 11.8 Å². The Kier molecular flexibility index (Phi) is 5.91. The molecule has 0 aliphatic carbocycles. The normalized spacial score (nSPS) is 10.2. The van der Waals surface area contributed by atoms with Crippen LogP contribution in [0.25, 0.3) is 0 Å². The maximum atomic E-state index is 11.9. The minimum absolute atomic E-state index is 0.199. The summed E-state index contributed by atoms with van der Waals surface area (Å²) < 4.78 is 0. The van der Waals surface area contributed by atoms with Crippen LogP contribution in [0.4, 0.5) is 5.69 Å². The molecule has 0 aliphatic heterocycles. The molecule has 1 aromatic carbocycles. The van der Waals surface area contributed by atoms with Crippen LogP contribution in [-0.2, 0) is 11.3 Å². The number of para-hydroxylation sites is 1. The molecule has 0 atom stereocenters. The summed E-state index contributed by atoms with van der Waals surface area (Å²) >= 11 is 1.70. The Hall–Kier alpha value is -1.16. The summed E-state index contributed by atoms with van der Waals surface area (Å²) in [7, 11) is 0. The molecule has 0 radical (unpaired) electrons. The van der Waals surface area contributed by atoms with Crippen molar-refractivity contribution in [3.05, 3.63) is 29.8 Å². The van der Waals surface area contributed by atoms with Crippen LogP contribution in [0, 0.1) is 0 Å². The molecule has 0 fully saturated rings. The zero-order valence-corrected chi connectivity index (χ0v) is 11.3. The zero-order chi connectivity index (χ0) is 12.7. The highest BCUT2D eigenvalue weighted by Crippen LogP contribution is 2.14. The molecule has 17 heavy (non-hydrogen) atoms. The highest BCUT2D eigenvalue weighted by Gasteiger charge is 2.12. The second kappa shape index (κ2) is 7.22. The fraction of sp³-hybridized carbons (Fsp3) is 0.462. The Bertz CT molecular complexity index is 368. The highest BCUT2D eigenvalue weighted by atomic mass is 32.2. The molecule has 0 spiro atoms. The molecule has 2 N–H and O–H groups in total. The SMILES string of the molecule is CCN(Cc1ccccc1N)C(=O)CCSC. The number of nitrogens with zero attached hydrogens (tertiary/aromatic N) is 1. The first-order valence-corrected chi connectivity index (χ1v) is 7.18. The average Bonchev–Trinajstić information content (AvgIpc) is 2.35. The van der Waals surface area contributed by atoms with E-state index in [9.17, 15) is 4.79 Å². The van der Waals surface area contributed by atoms with Crippen molar-refractivity contribution in [2.45, 2.75) is 19.9 Å². The second-order valence-corrected chi connectivity index (χ2v) is 4.84. The number of amides is 1. The van der Waals surface area contributed by atoms with Crippen LogP contribution < -0.4 is 5.73 Å². The lowest BCUT2D eigenvalue weighted by Crippen LogP contribution is -2.30. The van der Waals surface area contributed by atoms with Gasteiger partial charge in [-0.25, -0.2) is 0 Å². The second-order valence-electron chi connectivity index (χ2n) is 3.85. The summed E-state index contributed by atoms with van der Waals surface area (Å²) in [5.74, 6) is 1.07. The van der Waals surface area contributed by atoms with Crippen molar-refractivity contribution < 1.29 is 4.79 Å². The monoisotopic (exact) mass is 252 g/mol. The van der Waals surface area contributed by atoms with E-state index in [-0.39, 0.29) is 5.91 Å². The minimum Gasteiger partial charge on any atom is -0.398 e. The van der Waals surface area contributed by atoms with Crippen molar-refractivity contribution in [1.29, 1.82) is 0 Å². The van der Waals surface area contributed by atoms with Gasteiger partial charge in [0.05, 0.1) is 0 Å². The number of thioether (sulfide) groups is 1. The van der Waals surface area contributed by atoms with E-state index in [0.717, 1.165) is 23.5 Å². The quantitative estimate of drug-likeness (QED) is 0.791. The highest BCUT2D eigenvalue weighted by molar-refractivity contribution is 7.98. The molecule has 0 aromatic heterocycles. The van der Waals surface area contributed by atoms with Crippen LogP contribution >= 0.6 is 11.8 Å². The lowest BCUT2D eigenvalue weighted by Gasteiger charge is -2.21. The zero-order valence-electron chi connectivity index (χ0n) is 10.5. The van der Waals surface area contributed by atoms with Gasteiger partial charge in [0.2, 0.25) is 5.91 Å². The van der Waals surface area contributed by atoms with Gasteiger partial charge in [0.25, 0.3) is 0 Å². The molecule has 0 aliphatic rings. The Morgan fingerprint density at radius 2 is 2.12 bits per heavy atom. The number of hydrogen-bond donors (Lipinski definition) is 1. The van der Waals surface area contributed by atoms with Gasteiger partial charge in [-0.15, -0.1) is 0 Å². The third-order valence-corrected chi connectivity index (χ3v) is 3.28. The standard InChI is InChI=1S/C13H20N2OS/c1-3-15(13(16)8-9-17-2)10-11-6-4-5-7-12(11)14/h4-7H,3,8-10,14H2,1-2H3. The number of carbonyl (C=O) groups is 1. The predicted octanol–water partition coefficient (Wildman–Crippen LogP) is 2.37. The van der Waals surface area contributed by atoms with Crippen molar-refractivity contribution in [3.63, 3.8) is 0 Å². The maximum absolute atomic E-state index is 11.9. The van der Waals surface area contributed by atoms with Crippen molar-refractivity contribution in [2.75, 3.05) is 24.3 Å². The summed E-state index contributed by atoms with van der Waals surface area (Å²) in [6, 6.07) is 7.70. The van der Waals surface area contributed by atoms with Crippen LogP contribution in [0.5, 0.6) is 0 Å². The maximum Gasteiger partial charge on any atom is 0.223 e. The number of anilines is 1.